The minimum atomic E-state index is -0.369. The van der Waals surface area contributed by atoms with Crippen LogP contribution in [0.1, 0.15) is 45.1 Å². The highest BCUT2D eigenvalue weighted by atomic mass is 35.5. The van der Waals surface area contributed by atoms with E-state index in [0.717, 1.165) is 12.0 Å². The molecule has 2 atom stereocenters. The van der Waals surface area contributed by atoms with E-state index in [2.05, 4.69) is 5.32 Å². The molecule has 1 aliphatic heterocycles. The van der Waals surface area contributed by atoms with Gasteiger partial charge in [0.2, 0.25) is 5.91 Å². The Hall–Kier alpha value is -1.81. The number of hydrogen-bond acceptors (Lipinski definition) is 3. The molecule has 1 aromatic rings. The summed E-state index contributed by atoms with van der Waals surface area (Å²) >= 11 is 5.91. The largest absolute Gasteiger partial charge is 0.459 e. The van der Waals surface area contributed by atoms with E-state index in [1.165, 1.54) is 0 Å². The quantitative estimate of drug-likeness (QED) is 0.863. The topological polar surface area (TPSA) is 55.4 Å². The zero-order valence-corrected chi connectivity index (χ0v) is 13.7. The Balaban J connectivity index is 2.36. The number of ether oxygens (including phenoxy) is 1. The maximum absolute atomic E-state index is 12.5. The van der Waals surface area contributed by atoms with Crippen LogP contribution in [0.25, 0.3) is 0 Å². The number of rotatable bonds is 4. The van der Waals surface area contributed by atoms with E-state index in [0.29, 0.717) is 16.3 Å². The summed E-state index contributed by atoms with van der Waals surface area (Å²) in [4.78, 5) is 24.3. The van der Waals surface area contributed by atoms with Gasteiger partial charge in [-0.1, -0.05) is 30.7 Å². The summed E-state index contributed by atoms with van der Waals surface area (Å²) < 4.78 is 5.45. The molecule has 1 aliphatic rings. The summed E-state index contributed by atoms with van der Waals surface area (Å²) in [7, 11) is 0. The number of benzene rings is 1. The van der Waals surface area contributed by atoms with Crippen molar-refractivity contribution in [2.24, 2.45) is 0 Å². The monoisotopic (exact) mass is 321 g/mol. The van der Waals surface area contributed by atoms with Crippen LogP contribution in [-0.2, 0) is 14.3 Å². The van der Waals surface area contributed by atoms with Crippen LogP contribution in [0.3, 0.4) is 0 Å². The zero-order valence-electron chi connectivity index (χ0n) is 13.0. The van der Waals surface area contributed by atoms with Gasteiger partial charge >= 0.3 is 5.97 Å². The van der Waals surface area contributed by atoms with Crippen LogP contribution in [0.4, 0.5) is 0 Å². The van der Waals surface area contributed by atoms with Crippen molar-refractivity contribution in [2.75, 3.05) is 0 Å². The molecule has 0 saturated heterocycles. The van der Waals surface area contributed by atoms with Crippen molar-refractivity contribution in [3.8, 4) is 0 Å². The first kappa shape index (κ1) is 16.6. The predicted octanol–water partition coefficient (Wildman–Crippen LogP) is 3.56. The molecular weight excluding hydrogens is 302 g/mol. The maximum Gasteiger partial charge on any atom is 0.336 e. The van der Waals surface area contributed by atoms with E-state index in [1.807, 2.05) is 26.0 Å². The van der Waals surface area contributed by atoms with E-state index >= 15 is 0 Å². The molecule has 0 aliphatic carbocycles. The van der Waals surface area contributed by atoms with Gasteiger partial charge in [-0.2, -0.15) is 0 Å². The minimum absolute atomic E-state index is 0.0995. The van der Waals surface area contributed by atoms with Gasteiger partial charge in [0.05, 0.1) is 11.7 Å². The maximum atomic E-state index is 12.5. The highest BCUT2D eigenvalue weighted by Crippen LogP contribution is 2.34. The van der Waals surface area contributed by atoms with E-state index in [4.69, 9.17) is 16.3 Å². The highest BCUT2D eigenvalue weighted by molar-refractivity contribution is 6.30. The number of carbonyl (C=O) groups excluding carboxylic acids is 2. The fraction of sp³-hybridized carbons (Fsp3) is 0.412. The second-order valence-electron chi connectivity index (χ2n) is 5.52. The Morgan fingerprint density at radius 2 is 2.05 bits per heavy atom. The molecule has 5 heteroatoms. The first-order valence-electron chi connectivity index (χ1n) is 7.39. The number of hydrogen-bond donors (Lipinski definition) is 1. The van der Waals surface area contributed by atoms with Crippen molar-refractivity contribution in [1.29, 1.82) is 0 Å². The average molecular weight is 322 g/mol. The molecule has 1 amide bonds. The molecule has 0 bridgehead atoms. The third-order valence-electron chi connectivity index (χ3n) is 3.84. The van der Waals surface area contributed by atoms with Crippen molar-refractivity contribution in [2.45, 2.75) is 45.6 Å². The van der Waals surface area contributed by atoms with Gasteiger partial charge in [0.15, 0.2) is 0 Å². The molecule has 22 heavy (non-hydrogen) atoms. The van der Waals surface area contributed by atoms with Crippen LogP contribution in [0.2, 0.25) is 5.02 Å². The first-order chi connectivity index (χ1) is 10.4. The summed E-state index contributed by atoms with van der Waals surface area (Å²) in [6, 6.07) is 7.21. The second-order valence-corrected chi connectivity index (χ2v) is 5.96. The Morgan fingerprint density at radius 3 is 2.64 bits per heavy atom. The van der Waals surface area contributed by atoms with Crippen LogP contribution in [0, 0.1) is 0 Å². The molecule has 0 aromatic heterocycles. The standard InChI is InChI=1S/C17H20ClNO3/c1-4-10(2)22-17(21)16-11(3)19-15(20)9-14(16)12-5-7-13(18)8-6-12/h5-8,10,14H,4,9H2,1-3H3,(H,19,20)/t10-,14-/m1/s1. The summed E-state index contributed by atoms with van der Waals surface area (Å²) in [5.74, 6) is -0.771. The molecule has 0 spiro atoms. The second kappa shape index (κ2) is 6.97. The SMILES string of the molecule is CC[C@@H](C)OC(=O)C1=C(C)NC(=O)C[C@@H]1c1ccc(Cl)cc1. The van der Waals surface area contributed by atoms with Crippen molar-refractivity contribution in [3.05, 3.63) is 46.1 Å². The van der Waals surface area contributed by atoms with Gasteiger partial charge in [0.25, 0.3) is 0 Å². The fourth-order valence-electron chi connectivity index (χ4n) is 2.48. The lowest BCUT2D eigenvalue weighted by Crippen LogP contribution is -2.34. The van der Waals surface area contributed by atoms with Crippen molar-refractivity contribution < 1.29 is 14.3 Å². The van der Waals surface area contributed by atoms with Gasteiger partial charge in [-0.15, -0.1) is 0 Å². The molecule has 0 unspecified atom stereocenters. The van der Waals surface area contributed by atoms with Crippen LogP contribution in [0.5, 0.6) is 0 Å². The fourth-order valence-corrected chi connectivity index (χ4v) is 2.61. The Kier molecular flexibility index (Phi) is 5.24. The molecular formula is C17H20ClNO3. The summed E-state index contributed by atoms with van der Waals surface area (Å²) in [5.41, 5.74) is 1.96. The van der Waals surface area contributed by atoms with Crippen molar-refractivity contribution in [3.63, 3.8) is 0 Å². The van der Waals surface area contributed by atoms with Crippen molar-refractivity contribution >= 4 is 23.5 Å². The highest BCUT2D eigenvalue weighted by Gasteiger charge is 2.33. The van der Waals surface area contributed by atoms with Gasteiger partial charge in [0.1, 0.15) is 0 Å². The molecule has 1 aromatic carbocycles. The van der Waals surface area contributed by atoms with Gasteiger partial charge < -0.3 is 10.1 Å². The molecule has 0 fully saturated rings. The number of esters is 1. The number of carbonyl (C=O) groups is 2. The van der Waals surface area contributed by atoms with Crippen LogP contribution in [0.15, 0.2) is 35.5 Å². The molecule has 0 radical (unpaired) electrons. The lowest BCUT2D eigenvalue weighted by Gasteiger charge is -2.27. The summed E-state index contributed by atoms with van der Waals surface area (Å²) in [6.07, 6.45) is 0.816. The molecule has 0 saturated carbocycles. The predicted molar refractivity (Wildman–Crippen MR) is 85.5 cm³/mol. The zero-order chi connectivity index (χ0) is 16.3. The van der Waals surface area contributed by atoms with Gasteiger partial charge in [-0.3, -0.25) is 4.79 Å². The van der Waals surface area contributed by atoms with E-state index in [1.54, 1.807) is 19.1 Å². The van der Waals surface area contributed by atoms with E-state index in [9.17, 15) is 9.59 Å². The summed E-state index contributed by atoms with van der Waals surface area (Å²) in [6.45, 7) is 5.54. The van der Waals surface area contributed by atoms with Crippen molar-refractivity contribution in [1.82, 2.24) is 5.32 Å². The third kappa shape index (κ3) is 3.69. The molecule has 2 rings (SSSR count). The van der Waals surface area contributed by atoms with Gasteiger partial charge in [0, 0.05) is 23.1 Å². The molecule has 118 valence electrons. The third-order valence-corrected chi connectivity index (χ3v) is 4.10. The number of nitrogens with one attached hydrogen (secondary N) is 1. The normalized spacial score (nSPS) is 19.6. The average Bonchev–Trinajstić information content (AvgIpc) is 2.46. The van der Waals surface area contributed by atoms with Crippen LogP contribution in [-0.4, -0.2) is 18.0 Å². The number of amides is 1. The first-order valence-corrected chi connectivity index (χ1v) is 7.77. The molecule has 1 heterocycles. The lowest BCUT2D eigenvalue weighted by molar-refractivity contribution is -0.144. The molecule has 1 N–H and O–H groups in total. The smallest absolute Gasteiger partial charge is 0.336 e. The lowest BCUT2D eigenvalue weighted by atomic mass is 9.84. The van der Waals surface area contributed by atoms with Crippen LogP contribution >= 0.6 is 11.6 Å². The number of halogens is 1. The summed E-state index contributed by atoms with van der Waals surface area (Å²) in [5, 5.41) is 3.35. The van der Waals surface area contributed by atoms with E-state index < -0.39 is 0 Å². The minimum Gasteiger partial charge on any atom is -0.459 e. The Bertz CT molecular complexity index is 607. The number of allylic oxidation sites excluding steroid dienone is 1. The Morgan fingerprint density at radius 1 is 1.41 bits per heavy atom. The van der Waals surface area contributed by atoms with E-state index in [-0.39, 0.29) is 30.3 Å². The van der Waals surface area contributed by atoms with Gasteiger partial charge in [-0.25, -0.2) is 4.79 Å². The van der Waals surface area contributed by atoms with Gasteiger partial charge in [-0.05, 0) is 38.0 Å². The Labute approximate surface area is 135 Å². The van der Waals surface area contributed by atoms with Crippen LogP contribution < -0.4 is 5.32 Å². The molecule has 4 nitrogen and oxygen atoms in total.